The van der Waals surface area contributed by atoms with Crippen molar-refractivity contribution < 1.29 is 57.8 Å². The number of nitrogens with zero attached hydrogens (tertiary/aromatic N) is 1. The van der Waals surface area contributed by atoms with Crippen molar-refractivity contribution in [2.75, 3.05) is 34.4 Å². The van der Waals surface area contributed by atoms with Crippen molar-refractivity contribution in [3.8, 4) is 11.5 Å². The van der Waals surface area contributed by atoms with E-state index in [9.17, 15) is 29.4 Å². The lowest BCUT2D eigenvalue weighted by atomic mass is 9.81. The van der Waals surface area contributed by atoms with Gasteiger partial charge in [-0.25, -0.2) is 4.79 Å². The van der Waals surface area contributed by atoms with E-state index in [4.69, 9.17) is 28.4 Å². The third-order valence-corrected chi connectivity index (χ3v) is 14.5. The molecule has 66 heavy (non-hydrogen) atoms. The third-order valence-electron chi connectivity index (χ3n) is 14.5. The van der Waals surface area contributed by atoms with Crippen LogP contribution in [0.1, 0.15) is 126 Å². The van der Waals surface area contributed by atoms with Gasteiger partial charge >= 0.3 is 5.97 Å². The summed E-state index contributed by atoms with van der Waals surface area (Å²) in [7, 11) is 4.73. The van der Waals surface area contributed by atoms with Gasteiger partial charge in [0.25, 0.3) is 11.7 Å². The Morgan fingerprint density at radius 1 is 0.939 bits per heavy atom. The van der Waals surface area contributed by atoms with Crippen LogP contribution in [0.4, 0.5) is 0 Å². The van der Waals surface area contributed by atoms with Crippen molar-refractivity contribution >= 4 is 23.4 Å². The van der Waals surface area contributed by atoms with Crippen molar-refractivity contribution in [3.63, 3.8) is 0 Å². The number of aliphatic hydroxyl groups excluding tert-OH is 1. The number of amides is 1. The largest absolute Gasteiger partial charge is 0.497 e. The fourth-order valence-electron chi connectivity index (χ4n) is 10.7. The lowest BCUT2D eigenvalue weighted by Gasteiger charge is -2.47. The first-order valence-electron chi connectivity index (χ1n) is 24.5. The number of ketones is 2. The number of Topliss-reactive ketones (excluding diaryl/α,β-unsaturated/α-hetero) is 2. The van der Waals surface area contributed by atoms with Gasteiger partial charge in [-0.2, -0.15) is 0 Å². The van der Waals surface area contributed by atoms with Gasteiger partial charge in [0.1, 0.15) is 41.6 Å². The molecule has 2 saturated heterocycles. The summed E-state index contributed by atoms with van der Waals surface area (Å²) in [6, 6.07) is 6.39. The van der Waals surface area contributed by atoms with Crippen LogP contribution in [0.25, 0.3) is 0 Å². The summed E-state index contributed by atoms with van der Waals surface area (Å²) in [4.78, 5) is 58.6. The maximum absolute atomic E-state index is 14.6. The predicted octanol–water partition coefficient (Wildman–Crippen LogP) is 6.92. The van der Waals surface area contributed by atoms with Gasteiger partial charge < -0.3 is 48.9 Å². The molecule has 5 rings (SSSR count). The quantitative estimate of drug-likeness (QED) is 0.118. The van der Waals surface area contributed by atoms with E-state index in [1.54, 1.807) is 35.2 Å². The van der Waals surface area contributed by atoms with E-state index in [0.717, 1.165) is 29.7 Å². The van der Waals surface area contributed by atoms with Gasteiger partial charge in [0.05, 0.1) is 25.4 Å². The summed E-state index contributed by atoms with van der Waals surface area (Å²) < 4.78 is 36.6. The van der Waals surface area contributed by atoms with Crippen molar-refractivity contribution in [1.29, 1.82) is 0 Å². The van der Waals surface area contributed by atoms with Crippen LogP contribution in [0.3, 0.4) is 0 Å². The summed E-state index contributed by atoms with van der Waals surface area (Å²) in [6.45, 7) is 14.1. The number of piperidine rings is 1. The van der Waals surface area contributed by atoms with E-state index in [-0.39, 0.29) is 61.0 Å². The first kappa shape index (κ1) is 53.3. The average molecular weight is 925 g/mol. The van der Waals surface area contributed by atoms with Crippen LogP contribution < -0.4 is 14.8 Å². The van der Waals surface area contributed by atoms with Crippen LogP contribution >= 0.6 is 0 Å². The number of cyclic esters (lactones) is 1. The molecule has 1 aromatic carbocycles. The Bertz CT molecular complexity index is 1830. The highest BCUT2D eigenvalue weighted by atomic mass is 16.7. The minimum Gasteiger partial charge on any atom is -0.497 e. The van der Waals surface area contributed by atoms with Gasteiger partial charge in [-0.05, 0) is 139 Å². The molecule has 0 aromatic heterocycles. The second-order valence-corrected chi connectivity index (χ2v) is 19.9. The molecule has 1 aromatic rings. The first-order chi connectivity index (χ1) is 31.4. The van der Waals surface area contributed by atoms with E-state index in [2.05, 4.69) is 24.4 Å². The normalized spacial score (nSPS) is 36.3. The molecule has 3 N–H and O–H groups in total. The van der Waals surface area contributed by atoms with Crippen LogP contribution in [0.5, 0.6) is 11.5 Å². The van der Waals surface area contributed by atoms with Gasteiger partial charge in [0.2, 0.25) is 5.79 Å². The number of methoxy groups -OCH3 is 3. The molecule has 13 unspecified atom stereocenters. The minimum atomic E-state index is -2.48. The van der Waals surface area contributed by atoms with Crippen LogP contribution in [-0.2, 0) is 38.1 Å². The highest BCUT2D eigenvalue weighted by molar-refractivity contribution is 6.39. The van der Waals surface area contributed by atoms with Gasteiger partial charge in [-0.3, -0.25) is 14.4 Å². The van der Waals surface area contributed by atoms with Crippen LogP contribution in [0, 0.1) is 29.6 Å². The summed E-state index contributed by atoms with van der Waals surface area (Å²) in [5.74, 6) is -4.92. The molecule has 3 aliphatic heterocycles. The standard InChI is InChI=1S/C52H80N2O12/c1-11-38-25-31(2)24-32(3)26-45(62-9)48-46(63-10)28-35(6)52(60,66-48)49(57)50(58)54-23-13-12-14-42(54)51(59)65-47(33(4)15-22-43(38)56)34(5)27-37-16-21-41(53-30-36(7)55)44(29-37)64-40-19-17-39(61-8)18-20-40/h17-20,25,27,32-33,35-38,41-42,44-48,53,55,60H,11-16,21-24,26,28-30H2,1-10H3/b31-25+,34-27?/t32?,33?,35?,36-,37?,38?,41?,42?,44?,45?,46?,47?,48?,52?/m1/s1. The van der Waals surface area contributed by atoms with E-state index in [0.29, 0.717) is 63.7 Å². The van der Waals surface area contributed by atoms with E-state index in [1.807, 2.05) is 52.0 Å². The topological polar surface area (TPSA) is 179 Å². The molecule has 1 aliphatic carbocycles. The molecular weight excluding hydrogens is 845 g/mol. The highest BCUT2D eigenvalue weighted by Gasteiger charge is 2.56. The number of benzene rings is 1. The zero-order chi connectivity index (χ0) is 48.3. The Hall–Kier alpha value is -3.66. The minimum absolute atomic E-state index is 0.0118. The number of hydrogen-bond acceptors (Lipinski definition) is 13. The Labute approximate surface area is 393 Å². The Morgan fingerprint density at radius 3 is 2.27 bits per heavy atom. The molecule has 3 fully saturated rings. The van der Waals surface area contributed by atoms with E-state index >= 15 is 0 Å². The Balaban J connectivity index is 1.48. The smallest absolute Gasteiger partial charge is 0.329 e. The summed E-state index contributed by atoms with van der Waals surface area (Å²) in [6.07, 6.45) is 7.34. The number of carbonyl (C=O) groups is 4. The number of carbonyl (C=O) groups excluding carboxylic acids is 4. The molecule has 0 spiro atoms. The number of ether oxygens (including phenoxy) is 6. The highest BCUT2D eigenvalue weighted by Crippen LogP contribution is 2.39. The van der Waals surface area contributed by atoms with Crippen LogP contribution in [-0.4, -0.2) is 127 Å². The molecule has 1 saturated carbocycles. The fraction of sp³-hybridized carbons (Fsp3) is 0.731. The van der Waals surface area contributed by atoms with Crippen molar-refractivity contribution in [2.45, 2.75) is 180 Å². The number of aliphatic hydroxyl groups is 2. The molecule has 2 bridgehead atoms. The van der Waals surface area contributed by atoms with Crippen molar-refractivity contribution in [3.05, 3.63) is 47.6 Å². The van der Waals surface area contributed by atoms with Gasteiger partial charge in [-0.15, -0.1) is 0 Å². The maximum Gasteiger partial charge on any atom is 0.329 e. The first-order valence-corrected chi connectivity index (χ1v) is 24.5. The molecule has 4 aliphatic rings. The van der Waals surface area contributed by atoms with Crippen LogP contribution in [0.15, 0.2) is 47.6 Å². The maximum atomic E-state index is 14.6. The molecule has 3 heterocycles. The Morgan fingerprint density at radius 2 is 1.62 bits per heavy atom. The van der Waals surface area contributed by atoms with Gasteiger partial charge in [0, 0.05) is 51.6 Å². The second kappa shape index (κ2) is 24.6. The number of allylic oxidation sites excluding steroid dienone is 3. The second-order valence-electron chi connectivity index (χ2n) is 19.9. The summed E-state index contributed by atoms with van der Waals surface area (Å²) in [5, 5.41) is 25.8. The number of fused-ring (bicyclic) bond motifs is 3. The lowest BCUT2D eigenvalue weighted by molar-refractivity contribution is -0.302. The van der Waals surface area contributed by atoms with Crippen LogP contribution in [0.2, 0.25) is 0 Å². The average Bonchev–Trinajstić information content (AvgIpc) is 3.30. The molecule has 0 radical (unpaired) electrons. The SMILES string of the molecule is CCC1/C=C(\C)CC(C)CC(OC)C2OC(O)(C(=O)C(=O)N3CCCCC3C(=O)OC(C(C)=CC3CCC(NC[C@@H](C)O)C(Oc4ccc(OC)cc4)C3)C(C)CCC1=O)C(C)CC2OC. The van der Waals surface area contributed by atoms with Crippen molar-refractivity contribution in [2.24, 2.45) is 29.6 Å². The third kappa shape index (κ3) is 13.5. The molecular formula is C52H80N2O12. The monoisotopic (exact) mass is 925 g/mol. The Kier molecular flexibility index (Phi) is 19.8. The molecule has 14 heteroatoms. The van der Waals surface area contributed by atoms with Gasteiger partial charge in [0.15, 0.2) is 0 Å². The number of rotatable bonds is 11. The zero-order valence-electron chi connectivity index (χ0n) is 41.3. The molecule has 1 amide bonds. The fourth-order valence-corrected chi connectivity index (χ4v) is 10.7. The summed E-state index contributed by atoms with van der Waals surface area (Å²) >= 11 is 0. The number of nitrogens with one attached hydrogen (secondary N) is 1. The number of esters is 1. The van der Waals surface area contributed by atoms with Gasteiger partial charge in [-0.1, -0.05) is 45.4 Å². The molecule has 370 valence electrons. The lowest BCUT2D eigenvalue weighted by Crippen LogP contribution is -2.64. The molecule has 14 nitrogen and oxygen atoms in total. The zero-order valence-corrected chi connectivity index (χ0v) is 41.3. The number of hydrogen-bond donors (Lipinski definition) is 3. The molecule has 14 atom stereocenters. The van der Waals surface area contributed by atoms with Crippen molar-refractivity contribution in [1.82, 2.24) is 10.2 Å². The predicted molar refractivity (Wildman–Crippen MR) is 251 cm³/mol. The van der Waals surface area contributed by atoms with E-state index in [1.165, 1.54) is 4.90 Å². The van der Waals surface area contributed by atoms with E-state index < -0.39 is 65.9 Å². The summed E-state index contributed by atoms with van der Waals surface area (Å²) in [5.41, 5.74) is 1.90.